The molecule has 0 aliphatic rings. The summed E-state index contributed by atoms with van der Waals surface area (Å²) in [6, 6.07) is 10.2. The van der Waals surface area contributed by atoms with Crippen LogP contribution in [0.2, 0.25) is 5.15 Å². The molecule has 0 aliphatic heterocycles. The van der Waals surface area contributed by atoms with Gasteiger partial charge in [0.15, 0.2) is 5.96 Å². The molecule has 0 bridgehead atoms. The van der Waals surface area contributed by atoms with Gasteiger partial charge in [-0.1, -0.05) is 29.8 Å². The molecule has 0 fully saturated rings. The van der Waals surface area contributed by atoms with Crippen molar-refractivity contribution in [1.82, 2.24) is 20.6 Å². The summed E-state index contributed by atoms with van der Waals surface area (Å²) < 4.78 is 0. The number of guanidine groups is 1. The molecule has 1 aromatic carbocycles. The van der Waals surface area contributed by atoms with E-state index in [1.807, 2.05) is 6.07 Å². The number of pyridine rings is 1. The van der Waals surface area contributed by atoms with E-state index in [0.29, 0.717) is 11.7 Å². The van der Waals surface area contributed by atoms with Crippen molar-refractivity contribution < 1.29 is 0 Å². The average Bonchev–Trinajstić information content (AvgIpc) is 3.03. The fraction of sp³-hybridized carbons (Fsp3) is 0.300. The lowest BCUT2D eigenvalue weighted by atomic mass is 10.1. The largest absolute Gasteiger partial charge is 0.361 e. The molecule has 26 heavy (non-hydrogen) atoms. The van der Waals surface area contributed by atoms with Crippen LogP contribution in [-0.4, -0.2) is 29.0 Å². The Morgan fingerprint density at radius 1 is 1.23 bits per heavy atom. The van der Waals surface area contributed by atoms with E-state index in [1.54, 1.807) is 12.3 Å². The van der Waals surface area contributed by atoms with Gasteiger partial charge in [-0.2, -0.15) is 0 Å². The van der Waals surface area contributed by atoms with E-state index in [-0.39, 0.29) is 0 Å². The molecule has 3 rings (SSSR count). The van der Waals surface area contributed by atoms with Gasteiger partial charge in [0.25, 0.3) is 0 Å². The van der Waals surface area contributed by atoms with Crippen molar-refractivity contribution in [3.8, 4) is 0 Å². The second-order valence-corrected chi connectivity index (χ2v) is 6.61. The molecule has 2 aromatic heterocycles. The van der Waals surface area contributed by atoms with Gasteiger partial charge < -0.3 is 15.6 Å². The van der Waals surface area contributed by atoms with E-state index >= 15 is 0 Å². The van der Waals surface area contributed by atoms with Crippen molar-refractivity contribution in [2.24, 2.45) is 4.99 Å². The van der Waals surface area contributed by atoms with Crippen molar-refractivity contribution in [2.75, 3.05) is 13.1 Å². The number of aliphatic imine (C=N–C) groups is 1. The Hall–Kier alpha value is -2.53. The van der Waals surface area contributed by atoms with Crippen LogP contribution in [0, 0.1) is 6.92 Å². The summed E-state index contributed by atoms with van der Waals surface area (Å²) in [6.07, 6.45) is 4.77. The Balaban J connectivity index is 1.59. The minimum atomic E-state index is 0.497. The molecule has 5 nitrogen and oxygen atoms in total. The van der Waals surface area contributed by atoms with Crippen LogP contribution in [0.25, 0.3) is 10.9 Å². The first-order valence-corrected chi connectivity index (χ1v) is 9.22. The molecule has 0 amide bonds. The summed E-state index contributed by atoms with van der Waals surface area (Å²) in [4.78, 5) is 12.0. The molecule has 136 valence electrons. The number of aromatic amines is 1. The Morgan fingerprint density at radius 3 is 2.88 bits per heavy atom. The predicted molar refractivity (Wildman–Crippen MR) is 109 cm³/mol. The van der Waals surface area contributed by atoms with Crippen molar-refractivity contribution in [2.45, 2.75) is 26.8 Å². The third-order valence-electron chi connectivity index (χ3n) is 4.16. The number of fused-ring (bicyclic) bond motifs is 1. The number of aromatic nitrogens is 2. The van der Waals surface area contributed by atoms with Crippen LogP contribution < -0.4 is 10.6 Å². The van der Waals surface area contributed by atoms with Crippen LogP contribution >= 0.6 is 11.6 Å². The highest BCUT2D eigenvalue weighted by Crippen LogP contribution is 2.19. The maximum atomic E-state index is 5.82. The Kier molecular flexibility index (Phi) is 6.12. The lowest BCUT2D eigenvalue weighted by Crippen LogP contribution is -2.38. The van der Waals surface area contributed by atoms with Gasteiger partial charge in [0, 0.05) is 36.4 Å². The molecule has 0 radical (unpaired) electrons. The summed E-state index contributed by atoms with van der Waals surface area (Å²) >= 11 is 5.82. The van der Waals surface area contributed by atoms with Crippen LogP contribution in [0.15, 0.2) is 47.7 Å². The molecule has 0 saturated carbocycles. The smallest absolute Gasteiger partial charge is 0.191 e. The number of halogens is 1. The third-order valence-corrected chi connectivity index (χ3v) is 4.39. The van der Waals surface area contributed by atoms with E-state index in [0.717, 1.165) is 31.0 Å². The Morgan fingerprint density at radius 2 is 2.12 bits per heavy atom. The molecule has 0 atom stereocenters. The maximum absolute atomic E-state index is 5.82. The van der Waals surface area contributed by atoms with E-state index in [2.05, 4.69) is 63.8 Å². The minimum absolute atomic E-state index is 0.497. The lowest BCUT2D eigenvalue weighted by molar-refractivity contribution is 0.801. The van der Waals surface area contributed by atoms with Crippen molar-refractivity contribution in [1.29, 1.82) is 0 Å². The molecule has 3 N–H and O–H groups in total. The van der Waals surface area contributed by atoms with Crippen LogP contribution in [0.3, 0.4) is 0 Å². The van der Waals surface area contributed by atoms with Gasteiger partial charge in [0.2, 0.25) is 0 Å². The lowest BCUT2D eigenvalue weighted by Gasteiger charge is -2.11. The molecule has 0 spiro atoms. The minimum Gasteiger partial charge on any atom is -0.361 e. The van der Waals surface area contributed by atoms with E-state index in [4.69, 9.17) is 11.6 Å². The molecule has 0 saturated heterocycles. The highest BCUT2D eigenvalue weighted by molar-refractivity contribution is 6.29. The fourth-order valence-corrected chi connectivity index (χ4v) is 2.95. The van der Waals surface area contributed by atoms with Crippen LogP contribution in [-0.2, 0) is 13.0 Å². The van der Waals surface area contributed by atoms with Gasteiger partial charge in [0.05, 0.1) is 6.54 Å². The highest BCUT2D eigenvalue weighted by Gasteiger charge is 2.04. The molecule has 0 unspecified atom stereocenters. The highest BCUT2D eigenvalue weighted by atomic mass is 35.5. The topological polar surface area (TPSA) is 65.1 Å². The second kappa shape index (κ2) is 8.72. The van der Waals surface area contributed by atoms with Crippen LogP contribution in [0.4, 0.5) is 0 Å². The van der Waals surface area contributed by atoms with E-state index in [9.17, 15) is 0 Å². The second-order valence-electron chi connectivity index (χ2n) is 6.22. The average molecular weight is 370 g/mol. The van der Waals surface area contributed by atoms with Crippen LogP contribution in [0.1, 0.15) is 23.6 Å². The number of nitrogens with one attached hydrogen (secondary N) is 3. The zero-order chi connectivity index (χ0) is 18.4. The number of benzene rings is 1. The van der Waals surface area contributed by atoms with Gasteiger partial charge in [-0.3, -0.25) is 0 Å². The summed E-state index contributed by atoms with van der Waals surface area (Å²) in [6.45, 7) is 6.36. The van der Waals surface area contributed by atoms with Gasteiger partial charge >= 0.3 is 0 Å². The first-order chi connectivity index (χ1) is 12.7. The molecular weight excluding hydrogens is 346 g/mol. The summed E-state index contributed by atoms with van der Waals surface area (Å²) in [5.74, 6) is 0.804. The number of H-pyrrole nitrogens is 1. The molecular formula is C20H24ClN5. The van der Waals surface area contributed by atoms with E-state index < -0.39 is 0 Å². The first kappa shape index (κ1) is 18.3. The van der Waals surface area contributed by atoms with Gasteiger partial charge in [-0.05, 0) is 49.1 Å². The van der Waals surface area contributed by atoms with Gasteiger partial charge in [-0.15, -0.1) is 0 Å². The van der Waals surface area contributed by atoms with Crippen molar-refractivity contribution in [3.63, 3.8) is 0 Å². The molecule has 3 aromatic rings. The zero-order valence-electron chi connectivity index (χ0n) is 15.1. The van der Waals surface area contributed by atoms with Crippen LogP contribution in [0.5, 0.6) is 0 Å². The molecule has 2 heterocycles. The van der Waals surface area contributed by atoms with E-state index in [1.165, 1.54) is 22.0 Å². The number of nitrogens with zero attached hydrogens (tertiary/aromatic N) is 2. The predicted octanol–water partition coefficient (Wildman–Crippen LogP) is 3.82. The number of rotatable bonds is 6. The SMILES string of the molecule is CCNC(=NCc1ccc(Cl)nc1)NCCc1c[nH]c2cc(C)ccc12. The van der Waals surface area contributed by atoms with Gasteiger partial charge in [0.1, 0.15) is 5.15 Å². The molecule has 0 aliphatic carbocycles. The summed E-state index contributed by atoms with van der Waals surface area (Å²) in [5.41, 5.74) is 4.79. The van der Waals surface area contributed by atoms with Crippen molar-refractivity contribution >= 4 is 28.5 Å². The zero-order valence-corrected chi connectivity index (χ0v) is 15.9. The number of aryl methyl sites for hydroxylation is 1. The quantitative estimate of drug-likeness (QED) is 0.351. The first-order valence-electron chi connectivity index (χ1n) is 8.85. The third kappa shape index (κ3) is 4.76. The normalized spacial score (nSPS) is 11.7. The Bertz CT molecular complexity index is 883. The Labute approximate surface area is 158 Å². The number of hydrogen-bond donors (Lipinski definition) is 3. The summed E-state index contributed by atoms with van der Waals surface area (Å²) in [5, 5.41) is 8.45. The summed E-state index contributed by atoms with van der Waals surface area (Å²) in [7, 11) is 0. The maximum Gasteiger partial charge on any atom is 0.191 e. The number of hydrogen-bond acceptors (Lipinski definition) is 2. The standard InChI is InChI=1S/C20H24ClN5/c1-3-22-20(26-12-15-5-7-19(21)25-11-15)23-9-8-16-13-24-18-10-14(2)4-6-17(16)18/h4-7,10-11,13,24H,3,8-9,12H2,1-2H3,(H2,22,23,26). The fourth-order valence-electron chi connectivity index (χ4n) is 2.83. The molecule has 6 heteroatoms. The van der Waals surface area contributed by atoms with Crippen molar-refractivity contribution in [3.05, 3.63) is 64.6 Å². The van der Waals surface area contributed by atoms with Gasteiger partial charge in [-0.25, -0.2) is 9.98 Å². The monoisotopic (exact) mass is 369 g/mol.